The van der Waals surface area contributed by atoms with Crippen molar-refractivity contribution in [1.82, 2.24) is 10.2 Å². The highest BCUT2D eigenvalue weighted by molar-refractivity contribution is 5.74. The average Bonchev–Trinajstić information content (AvgIpc) is 2.12. The van der Waals surface area contributed by atoms with E-state index in [9.17, 15) is 4.79 Å². The van der Waals surface area contributed by atoms with Gasteiger partial charge in [-0.15, -0.1) is 0 Å². The monoisotopic (exact) mass is 215 g/mol. The predicted molar refractivity (Wildman–Crippen MR) is 63.7 cm³/mol. The maximum atomic E-state index is 11.5. The minimum Gasteiger partial charge on any atom is -0.336 e. The molecule has 2 amide bonds. The van der Waals surface area contributed by atoms with Crippen LogP contribution < -0.4 is 11.1 Å². The van der Waals surface area contributed by atoms with Gasteiger partial charge in [-0.2, -0.15) is 0 Å². The van der Waals surface area contributed by atoms with Crippen molar-refractivity contribution in [2.45, 2.75) is 46.2 Å². The number of carbonyl (C=O) groups is 1. The number of rotatable bonds is 5. The van der Waals surface area contributed by atoms with Gasteiger partial charge in [-0.05, 0) is 26.2 Å². The number of nitrogens with two attached hydrogens (primary N) is 1. The SMILES string of the molecule is CC(C)NC(=O)N(C)CCC(N)C(C)C. The fraction of sp³-hybridized carbons (Fsp3) is 0.909. The van der Waals surface area contributed by atoms with E-state index in [1.807, 2.05) is 13.8 Å². The number of carbonyl (C=O) groups excluding carboxylic acids is 1. The van der Waals surface area contributed by atoms with Crippen LogP contribution in [-0.4, -0.2) is 36.6 Å². The van der Waals surface area contributed by atoms with E-state index in [0.29, 0.717) is 12.5 Å². The number of hydrogen-bond donors (Lipinski definition) is 2. The van der Waals surface area contributed by atoms with E-state index in [1.165, 1.54) is 0 Å². The van der Waals surface area contributed by atoms with Crippen LogP contribution in [0.5, 0.6) is 0 Å². The second-order valence-corrected chi connectivity index (χ2v) is 4.72. The van der Waals surface area contributed by atoms with Gasteiger partial charge >= 0.3 is 6.03 Å². The molecule has 0 aromatic rings. The molecule has 4 heteroatoms. The minimum absolute atomic E-state index is 0.0269. The molecule has 0 saturated heterocycles. The molecule has 0 aliphatic rings. The van der Waals surface area contributed by atoms with Gasteiger partial charge in [-0.1, -0.05) is 13.8 Å². The van der Waals surface area contributed by atoms with E-state index in [-0.39, 0.29) is 18.1 Å². The summed E-state index contributed by atoms with van der Waals surface area (Å²) in [5.74, 6) is 0.464. The van der Waals surface area contributed by atoms with Crippen molar-refractivity contribution in [3.63, 3.8) is 0 Å². The number of nitrogens with zero attached hydrogens (tertiary/aromatic N) is 1. The van der Waals surface area contributed by atoms with E-state index < -0.39 is 0 Å². The molecular formula is C11H25N3O. The van der Waals surface area contributed by atoms with Gasteiger partial charge in [0.25, 0.3) is 0 Å². The second-order valence-electron chi connectivity index (χ2n) is 4.72. The van der Waals surface area contributed by atoms with Gasteiger partial charge in [0.05, 0.1) is 0 Å². The first-order valence-electron chi connectivity index (χ1n) is 5.61. The molecule has 0 heterocycles. The Balaban J connectivity index is 3.83. The summed E-state index contributed by atoms with van der Waals surface area (Å²) in [5, 5.41) is 2.84. The number of amides is 2. The van der Waals surface area contributed by atoms with Crippen LogP contribution in [-0.2, 0) is 0 Å². The van der Waals surface area contributed by atoms with Crippen molar-refractivity contribution < 1.29 is 4.79 Å². The van der Waals surface area contributed by atoms with Gasteiger partial charge in [0.1, 0.15) is 0 Å². The summed E-state index contributed by atoms with van der Waals surface area (Å²) >= 11 is 0. The molecule has 0 aliphatic carbocycles. The average molecular weight is 215 g/mol. The molecule has 4 nitrogen and oxygen atoms in total. The molecule has 0 radical (unpaired) electrons. The molecular weight excluding hydrogens is 190 g/mol. The molecule has 0 aromatic heterocycles. The van der Waals surface area contributed by atoms with Crippen LogP contribution in [0.15, 0.2) is 0 Å². The first-order chi connectivity index (χ1) is 6.84. The van der Waals surface area contributed by atoms with Crippen LogP contribution in [0.25, 0.3) is 0 Å². The van der Waals surface area contributed by atoms with E-state index >= 15 is 0 Å². The van der Waals surface area contributed by atoms with Crippen molar-refractivity contribution >= 4 is 6.03 Å². The Labute approximate surface area is 93.2 Å². The quantitative estimate of drug-likeness (QED) is 0.728. The summed E-state index contributed by atoms with van der Waals surface area (Å²) in [6, 6.07) is 0.318. The zero-order valence-electron chi connectivity index (χ0n) is 10.6. The first kappa shape index (κ1) is 14.2. The van der Waals surface area contributed by atoms with E-state index in [4.69, 9.17) is 5.73 Å². The normalized spacial score (nSPS) is 13.1. The molecule has 0 bridgehead atoms. The number of hydrogen-bond acceptors (Lipinski definition) is 2. The molecule has 0 rings (SSSR count). The first-order valence-corrected chi connectivity index (χ1v) is 5.61. The third kappa shape index (κ3) is 6.33. The second kappa shape index (κ2) is 6.67. The Morgan fingerprint density at radius 2 is 1.87 bits per heavy atom. The van der Waals surface area contributed by atoms with Crippen molar-refractivity contribution in [3.8, 4) is 0 Å². The van der Waals surface area contributed by atoms with Crippen LogP contribution in [0, 0.1) is 5.92 Å². The fourth-order valence-electron chi connectivity index (χ4n) is 1.13. The molecule has 0 spiro atoms. The standard InChI is InChI=1S/C11H25N3O/c1-8(2)10(12)6-7-14(5)11(15)13-9(3)4/h8-10H,6-7,12H2,1-5H3,(H,13,15). The molecule has 1 unspecified atom stereocenters. The summed E-state index contributed by atoms with van der Waals surface area (Å²) in [6.07, 6.45) is 0.847. The topological polar surface area (TPSA) is 58.4 Å². The zero-order valence-corrected chi connectivity index (χ0v) is 10.6. The fourth-order valence-corrected chi connectivity index (χ4v) is 1.13. The molecule has 0 saturated carbocycles. The number of urea groups is 1. The van der Waals surface area contributed by atoms with Crippen molar-refractivity contribution in [1.29, 1.82) is 0 Å². The van der Waals surface area contributed by atoms with Gasteiger partial charge in [0.2, 0.25) is 0 Å². The highest BCUT2D eigenvalue weighted by atomic mass is 16.2. The smallest absolute Gasteiger partial charge is 0.317 e. The maximum Gasteiger partial charge on any atom is 0.317 e. The molecule has 0 aromatic carbocycles. The van der Waals surface area contributed by atoms with Crippen LogP contribution in [0.2, 0.25) is 0 Å². The van der Waals surface area contributed by atoms with Crippen LogP contribution >= 0.6 is 0 Å². The Morgan fingerprint density at radius 3 is 2.27 bits per heavy atom. The zero-order chi connectivity index (χ0) is 12.0. The van der Waals surface area contributed by atoms with Gasteiger partial charge in [-0.3, -0.25) is 0 Å². The van der Waals surface area contributed by atoms with E-state index in [1.54, 1.807) is 11.9 Å². The van der Waals surface area contributed by atoms with Crippen LogP contribution in [0.4, 0.5) is 4.79 Å². The van der Waals surface area contributed by atoms with Crippen molar-refractivity contribution in [3.05, 3.63) is 0 Å². The third-order valence-electron chi connectivity index (χ3n) is 2.41. The van der Waals surface area contributed by atoms with Gasteiger partial charge in [0, 0.05) is 25.7 Å². The van der Waals surface area contributed by atoms with Gasteiger partial charge in [0.15, 0.2) is 0 Å². The summed E-state index contributed by atoms with van der Waals surface area (Å²) in [4.78, 5) is 13.2. The lowest BCUT2D eigenvalue weighted by atomic mass is 10.0. The largest absolute Gasteiger partial charge is 0.336 e. The van der Waals surface area contributed by atoms with Gasteiger partial charge < -0.3 is 16.0 Å². The van der Waals surface area contributed by atoms with Crippen LogP contribution in [0.1, 0.15) is 34.1 Å². The Kier molecular flexibility index (Phi) is 6.32. The Morgan fingerprint density at radius 1 is 1.33 bits per heavy atom. The lowest BCUT2D eigenvalue weighted by molar-refractivity contribution is 0.203. The molecule has 15 heavy (non-hydrogen) atoms. The Hall–Kier alpha value is -0.770. The lowest BCUT2D eigenvalue weighted by Gasteiger charge is -2.22. The molecule has 90 valence electrons. The van der Waals surface area contributed by atoms with Crippen LogP contribution in [0.3, 0.4) is 0 Å². The molecule has 1 atom stereocenters. The molecule has 0 aliphatic heterocycles. The Bertz CT molecular complexity index is 192. The highest BCUT2D eigenvalue weighted by Gasteiger charge is 2.12. The summed E-state index contributed by atoms with van der Waals surface area (Å²) in [7, 11) is 1.80. The lowest BCUT2D eigenvalue weighted by Crippen LogP contribution is -2.42. The summed E-state index contributed by atoms with van der Waals surface area (Å²) in [5.41, 5.74) is 5.91. The molecule has 3 N–H and O–H groups in total. The summed E-state index contributed by atoms with van der Waals surface area (Å²) < 4.78 is 0. The highest BCUT2D eigenvalue weighted by Crippen LogP contribution is 2.03. The summed E-state index contributed by atoms with van der Waals surface area (Å²) in [6.45, 7) is 8.80. The third-order valence-corrected chi connectivity index (χ3v) is 2.41. The minimum atomic E-state index is -0.0269. The number of nitrogens with one attached hydrogen (secondary N) is 1. The van der Waals surface area contributed by atoms with Crippen molar-refractivity contribution in [2.75, 3.05) is 13.6 Å². The van der Waals surface area contributed by atoms with Crippen molar-refractivity contribution in [2.24, 2.45) is 11.7 Å². The maximum absolute atomic E-state index is 11.5. The van der Waals surface area contributed by atoms with E-state index in [0.717, 1.165) is 6.42 Å². The predicted octanol–water partition coefficient (Wildman–Crippen LogP) is 1.41. The molecule has 0 fully saturated rings. The van der Waals surface area contributed by atoms with Gasteiger partial charge in [-0.25, -0.2) is 4.79 Å². The van der Waals surface area contributed by atoms with E-state index in [2.05, 4.69) is 19.2 Å².